The molecule has 0 heterocycles. The van der Waals surface area contributed by atoms with Crippen molar-refractivity contribution in [1.82, 2.24) is 0 Å². The van der Waals surface area contributed by atoms with E-state index in [1.54, 1.807) is 13.2 Å². The zero-order valence-corrected chi connectivity index (χ0v) is 14.6. The normalized spacial score (nSPS) is 10.1. The summed E-state index contributed by atoms with van der Waals surface area (Å²) in [5, 5.41) is 4.06. The molecule has 0 fully saturated rings. The highest BCUT2D eigenvalue weighted by molar-refractivity contribution is 9.10. The second kappa shape index (κ2) is 8.11. The highest BCUT2D eigenvalue weighted by atomic mass is 79.9. The number of anilines is 1. The summed E-state index contributed by atoms with van der Waals surface area (Å²) in [6, 6.07) is 11.5. The third kappa shape index (κ3) is 4.42. The Morgan fingerprint density at radius 2 is 2.00 bits per heavy atom. The van der Waals surface area contributed by atoms with Crippen LogP contribution in [-0.2, 0) is 6.54 Å². The molecule has 0 aliphatic carbocycles. The fourth-order valence-corrected chi connectivity index (χ4v) is 2.66. The molecule has 2 rings (SSSR count). The van der Waals surface area contributed by atoms with E-state index in [1.807, 2.05) is 36.4 Å². The first-order valence-electron chi connectivity index (χ1n) is 6.73. The molecule has 1 N–H and O–H groups in total. The van der Waals surface area contributed by atoms with Crippen LogP contribution in [-0.4, -0.2) is 13.7 Å². The van der Waals surface area contributed by atoms with Crippen molar-refractivity contribution in [3.8, 4) is 11.5 Å². The molecule has 0 aliphatic heterocycles. The Labute approximate surface area is 144 Å². The summed E-state index contributed by atoms with van der Waals surface area (Å²) in [5.74, 6) is 1.36. The standard InChI is InChI=1S/C17H17BrClNO2/c1-3-8-22-17-15(18)9-12(10-16(17)21-2)11-20-14-6-4-13(19)5-7-14/h3-7,9-10,20H,1,8,11H2,2H3. The van der Waals surface area contributed by atoms with Crippen molar-refractivity contribution in [3.05, 3.63) is 64.1 Å². The van der Waals surface area contributed by atoms with Crippen molar-refractivity contribution in [1.29, 1.82) is 0 Å². The summed E-state index contributed by atoms with van der Waals surface area (Å²) in [7, 11) is 1.62. The molecule has 0 bridgehead atoms. The first-order chi connectivity index (χ1) is 10.6. The number of methoxy groups -OCH3 is 1. The summed E-state index contributed by atoms with van der Waals surface area (Å²) in [6.07, 6.45) is 1.70. The van der Waals surface area contributed by atoms with Crippen LogP contribution >= 0.6 is 27.5 Å². The van der Waals surface area contributed by atoms with Gasteiger partial charge in [0.15, 0.2) is 11.5 Å². The predicted molar refractivity (Wildman–Crippen MR) is 95.2 cm³/mol. The zero-order valence-electron chi connectivity index (χ0n) is 12.2. The van der Waals surface area contributed by atoms with Gasteiger partial charge in [0.05, 0.1) is 11.6 Å². The van der Waals surface area contributed by atoms with E-state index in [0.717, 1.165) is 20.7 Å². The lowest BCUT2D eigenvalue weighted by atomic mass is 10.2. The largest absolute Gasteiger partial charge is 0.493 e. The number of hydrogen-bond acceptors (Lipinski definition) is 3. The van der Waals surface area contributed by atoms with Crippen LogP contribution in [0.5, 0.6) is 11.5 Å². The molecule has 3 nitrogen and oxygen atoms in total. The fraction of sp³-hybridized carbons (Fsp3) is 0.176. The SMILES string of the molecule is C=CCOc1c(Br)cc(CNc2ccc(Cl)cc2)cc1OC. The Balaban J connectivity index is 2.12. The van der Waals surface area contributed by atoms with Gasteiger partial charge in [-0.15, -0.1) is 0 Å². The van der Waals surface area contributed by atoms with Crippen LogP contribution in [0.3, 0.4) is 0 Å². The number of halogens is 2. The fourth-order valence-electron chi connectivity index (χ4n) is 1.93. The number of benzene rings is 2. The first-order valence-corrected chi connectivity index (χ1v) is 7.90. The van der Waals surface area contributed by atoms with Crippen LogP contribution in [0.15, 0.2) is 53.5 Å². The number of nitrogens with one attached hydrogen (secondary N) is 1. The van der Waals surface area contributed by atoms with Crippen molar-refractivity contribution in [3.63, 3.8) is 0 Å². The molecule has 0 amide bonds. The van der Waals surface area contributed by atoms with Crippen molar-refractivity contribution >= 4 is 33.2 Å². The molecule has 0 saturated carbocycles. The van der Waals surface area contributed by atoms with Gasteiger partial charge in [-0.2, -0.15) is 0 Å². The lowest BCUT2D eigenvalue weighted by Crippen LogP contribution is -2.02. The lowest BCUT2D eigenvalue weighted by Gasteiger charge is -2.14. The van der Waals surface area contributed by atoms with Crippen LogP contribution in [0, 0.1) is 0 Å². The summed E-state index contributed by atoms with van der Waals surface area (Å²) in [6.45, 7) is 4.74. The minimum atomic E-state index is 0.428. The van der Waals surface area contributed by atoms with Gasteiger partial charge in [0.2, 0.25) is 0 Å². The highest BCUT2D eigenvalue weighted by Gasteiger charge is 2.11. The monoisotopic (exact) mass is 381 g/mol. The van der Waals surface area contributed by atoms with E-state index in [9.17, 15) is 0 Å². The topological polar surface area (TPSA) is 30.5 Å². The average molecular weight is 383 g/mol. The van der Waals surface area contributed by atoms with Crippen LogP contribution in [0.2, 0.25) is 5.02 Å². The molecule has 2 aromatic rings. The van der Waals surface area contributed by atoms with Gasteiger partial charge < -0.3 is 14.8 Å². The molecule has 0 unspecified atom stereocenters. The number of hydrogen-bond donors (Lipinski definition) is 1. The minimum absolute atomic E-state index is 0.428. The minimum Gasteiger partial charge on any atom is -0.493 e. The molecular weight excluding hydrogens is 366 g/mol. The van der Waals surface area contributed by atoms with E-state index < -0.39 is 0 Å². The van der Waals surface area contributed by atoms with Gasteiger partial charge in [-0.1, -0.05) is 24.3 Å². The lowest BCUT2D eigenvalue weighted by molar-refractivity contribution is 0.324. The Morgan fingerprint density at radius 3 is 2.64 bits per heavy atom. The van der Waals surface area contributed by atoms with E-state index in [2.05, 4.69) is 27.8 Å². The quantitative estimate of drug-likeness (QED) is 0.660. The summed E-state index contributed by atoms with van der Waals surface area (Å²) >= 11 is 9.40. The molecule has 5 heteroatoms. The van der Waals surface area contributed by atoms with Crippen molar-refractivity contribution in [2.45, 2.75) is 6.54 Å². The Kier molecular flexibility index (Phi) is 6.16. The van der Waals surface area contributed by atoms with Crippen molar-refractivity contribution in [2.75, 3.05) is 19.0 Å². The predicted octanol–water partition coefficient (Wildman–Crippen LogP) is 5.29. The molecule has 0 atom stereocenters. The maximum atomic E-state index is 5.88. The summed E-state index contributed by atoms with van der Waals surface area (Å²) in [5.41, 5.74) is 2.08. The molecule has 0 saturated heterocycles. The highest BCUT2D eigenvalue weighted by Crippen LogP contribution is 2.36. The number of ether oxygens (including phenoxy) is 2. The van der Waals surface area contributed by atoms with E-state index in [4.69, 9.17) is 21.1 Å². The molecular formula is C17H17BrClNO2. The Bertz CT molecular complexity index is 644. The third-order valence-corrected chi connectivity index (χ3v) is 3.82. The van der Waals surface area contributed by atoms with E-state index in [0.29, 0.717) is 24.7 Å². The molecule has 0 aliphatic rings. The van der Waals surface area contributed by atoms with Crippen molar-refractivity contribution < 1.29 is 9.47 Å². The van der Waals surface area contributed by atoms with Gasteiger partial charge in [0.25, 0.3) is 0 Å². The Hall–Kier alpha value is -1.65. The second-order valence-corrected chi connectivity index (χ2v) is 5.86. The molecule has 0 radical (unpaired) electrons. The maximum absolute atomic E-state index is 5.88. The van der Waals surface area contributed by atoms with Crippen LogP contribution < -0.4 is 14.8 Å². The maximum Gasteiger partial charge on any atom is 0.175 e. The van der Waals surface area contributed by atoms with Gasteiger partial charge >= 0.3 is 0 Å². The van der Waals surface area contributed by atoms with E-state index in [1.165, 1.54) is 0 Å². The molecule has 22 heavy (non-hydrogen) atoms. The van der Waals surface area contributed by atoms with Crippen molar-refractivity contribution in [2.24, 2.45) is 0 Å². The van der Waals surface area contributed by atoms with Gasteiger partial charge in [-0.3, -0.25) is 0 Å². The van der Waals surface area contributed by atoms with E-state index in [-0.39, 0.29) is 0 Å². The van der Waals surface area contributed by atoms with Gasteiger partial charge in [0.1, 0.15) is 6.61 Å². The molecule has 0 aromatic heterocycles. The summed E-state index contributed by atoms with van der Waals surface area (Å²) in [4.78, 5) is 0. The Morgan fingerprint density at radius 1 is 1.27 bits per heavy atom. The van der Waals surface area contributed by atoms with Gasteiger partial charge in [-0.25, -0.2) is 0 Å². The average Bonchev–Trinajstić information content (AvgIpc) is 2.53. The number of rotatable bonds is 7. The molecule has 116 valence electrons. The van der Waals surface area contributed by atoms with Crippen LogP contribution in [0.1, 0.15) is 5.56 Å². The van der Waals surface area contributed by atoms with Gasteiger partial charge in [-0.05, 0) is 57.9 Å². The third-order valence-electron chi connectivity index (χ3n) is 2.98. The smallest absolute Gasteiger partial charge is 0.175 e. The van der Waals surface area contributed by atoms with Crippen LogP contribution in [0.4, 0.5) is 5.69 Å². The van der Waals surface area contributed by atoms with Crippen LogP contribution in [0.25, 0.3) is 0 Å². The summed E-state index contributed by atoms with van der Waals surface area (Å²) < 4.78 is 11.9. The molecule has 2 aromatic carbocycles. The zero-order chi connectivity index (χ0) is 15.9. The van der Waals surface area contributed by atoms with E-state index >= 15 is 0 Å². The first kappa shape index (κ1) is 16.7. The van der Waals surface area contributed by atoms with Gasteiger partial charge in [0, 0.05) is 17.3 Å². The second-order valence-electron chi connectivity index (χ2n) is 4.57. The molecule has 0 spiro atoms.